The Labute approximate surface area is 127 Å². The molecule has 1 aromatic carbocycles. The van der Waals surface area contributed by atoms with Gasteiger partial charge in [0.15, 0.2) is 4.47 Å². The van der Waals surface area contributed by atoms with Gasteiger partial charge in [0, 0.05) is 22.4 Å². The lowest BCUT2D eigenvalue weighted by Gasteiger charge is -2.11. The van der Waals surface area contributed by atoms with E-state index in [4.69, 9.17) is 11.6 Å². The minimum atomic E-state index is -3.25. The lowest BCUT2D eigenvalue weighted by Crippen LogP contribution is -2.10. The highest BCUT2D eigenvalue weighted by molar-refractivity contribution is 7.92. The highest BCUT2D eigenvalue weighted by Crippen LogP contribution is 2.23. The van der Waals surface area contributed by atoms with E-state index in [0.717, 1.165) is 22.4 Å². The fourth-order valence-corrected chi connectivity index (χ4v) is 3.16. The first kappa shape index (κ1) is 15.1. The lowest BCUT2D eigenvalue weighted by atomic mass is 10.2. The summed E-state index contributed by atoms with van der Waals surface area (Å²) < 4.78 is 25.3. The monoisotopic (exact) mass is 331 g/mol. The molecule has 1 aromatic heterocycles. The summed E-state index contributed by atoms with van der Waals surface area (Å²) in [5.74, 6) is 0. The summed E-state index contributed by atoms with van der Waals surface area (Å²) in [7, 11) is -3.25. The van der Waals surface area contributed by atoms with E-state index in [-0.39, 0.29) is 0 Å². The molecule has 108 valence electrons. The third-order valence-electron chi connectivity index (χ3n) is 2.51. The first-order valence-electron chi connectivity index (χ1n) is 5.76. The number of anilines is 2. The first-order valence-corrected chi connectivity index (χ1v) is 8.84. The first-order chi connectivity index (χ1) is 9.33. The Hall–Kier alpha value is -1.31. The van der Waals surface area contributed by atoms with Gasteiger partial charge in [-0.2, -0.15) is 0 Å². The van der Waals surface area contributed by atoms with E-state index in [0.29, 0.717) is 16.7 Å². The molecule has 0 aliphatic carbocycles. The van der Waals surface area contributed by atoms with Crippen molar-refractivity contribution in [2.24, 2.45) is 0 Å². The summed E-state index contributed by atoms with van der Waals surface area (Å²) in [4.78, 5) is 5.01. The minimum Gasteiger partial charge on any atom is -0.380 e. The van der Waals surface area contributed by atoms with Gasteiger partial charge in [-0.05, 0) is 30.7 Å². The Bertz CT molecular complexity index is 713. The van der Waals surface area contributed by atoms with Gasteiger partial charge in [0.2, 0.25) is 10.0 Å². The number of aromatic nitrogens is 1. The van der Waals surface area contributed by atoms with Crippen LogP contribution in [0.1, 0.15) is 10.4 Å². The third kappa shape index (κ3) is 4.36. The molecule has 2 rings (SSSR count). The molecular weight excluding hydrogens is 318 g/mol. The molecule has 0 amide bonds. The van der Waals surface area contributed by atoms with Gasteiger partial charge >= 0.3 is 0 Å². The summed E-state index contributed by atoms with van der Waals surface area (Å²) in [6, 6.07) is 5.34. The molecule has 5 nitrogen and oxygen atoms in total. The highest BCUT2D eigenvalue weighted by atomic mass is 35.5. The number of nitrogens with one attached hydrogen (secondary N) is 2. The predicted octanol–water partition coefficient (Wildman–Crippen LogP) is 3.09. The molecule has 0 radical (unpaired) electrons. The van der Waals surface area contributed by atoms with E-state index < -0.39 is 10.0 Å². The molecule has 8 heteroatoms. The average molecular weight is 332 g/mol. The van der Waals surface area contributed by atoms with E-state index in [9.17, 15) is 8.42 Å². The van der Waals surface area contributed by atoms with E-state index in [1.54, 1.807) is 18.3 Å². The Kier molecular flexibility index (Phi) is 4.52. The van der Waals surface area contributed by atoms with Crippen molar-refractivity contribution < 1.29 is 8.42 Å². The smallest absolute Gasteiger partial charge is 0.229 e. The van der Waals surface area contributed by atoms with Gasteiger partial charge in [-0.3, -0.25) is 4.72 Å². The van der Waals surface area contributed by atoms with Gasteiger partial charge in [-0.25, -0.2) is 13.4 Å². The zero-order valence-electron chi connectivity index (χ0n) is 11.0. The van der Waals surface area contributed by atoms with Crippen LogP contribution in [-0.2, 0) is 16.6 Å². The zero-order chi connectivity index (χ0) is 14.8. The Morgan fingerprint density at radius 2 is 2.15 bits per heavy atom. The van der Waals surface area contributed by atoms with Crippen molar-refractivity contribution in [2.45, 2.75) is 13.5 Å². The lowest BCUT2D eigenvalue weighted by molar-refractivity contribution is 0.607. The van der Waals surface area contributed by atoms with Crippen LogP contribution in [0.15, 0.2) is 24.4 Å². The summed E-state index contributed by atoms with van der Waals surface area (Å²) >= 11 is 7.19. The van der Waals surface area contributed by atoms with E-state index >= 15 is 0 Å². The fourth-order valence-electron chi connectivity index (χ4n) is 1.69. The average Bonchev–Trinajstić information content (AvgIpc) is 2.72. The largest absolute Gasteiger partial charge is 0.380 e. The highest BCUT2D eigenvalue weighted by Gasteiger charge is 2.05. The van der Waals surface area contributed by atoms with E-state index in [1.807, 2.05) is 13.0 Å². The maximum atomic E-state index is 11.2. The summed E-state index contributed by atoms with van der Waals surface area (Å²) in [6.07, 6.45) is 2.86. The van der Waals surface area contributed by atoms with Crippen LogP contribution < -0.4 is 10.0 Å². The van der Waals surface area contributed by atoms with Gasteiger partial charge < -0.3 is 5.32 Å². The third-order valence-corrected chi connectivity index (χ3v) is 4.23. The number of benzene rings is 1. The number of aryl methyl sites for hydroxylation is 1. The van der Waals surface area contributed by atoms with Gasteiger partial charge in [0.1, 0.15) is 0 Å². The van der Waals surface area contributed by atoms with Crippen molar-refractivity contribution in [3.8, 4) is 0 Å². The Morgan fingerprint density at radius 3 is 2.70 bits per heavy atom. The Balaban J connectivity index is 2.06. The molecule has 0 fully saturated rings. The standard InChI is InChI=1S/C12H14ClN3O2S2/c1-8-5-9(16-20(2,17)18)3-4-11(8)14-6-10-7-15-12(13)19-10/h3-5,7,14,16H,6H2,1-2H3. The summed E-state index contributed by atoms with van der Waals surface area (Å²) in [5.41, 5.74) is 2.44. The predicted molar refractivity (Wildman–Crippen MR) is 84.1 cm³/mol. The molecule has 0 bridgehead atoms. The second-order valence-electron chi connectivity index (χ2n) is 4.34. The molecule has 2 N–H and O–H groups in total. The molecule has 0 aliphatic heterocycles. The van der Waals surface area contributed by atoms with Crippen molar-refractivity contribution in [1.29, 1.82) is 0 Å². The maximum absolute atomic E-state index is 11.2. The number of rotatable bonds is 5. The number of nitrogens with zero attached hydrogens (tertiary/aromatic N) is 1. The maximum Gasteiger partial charge on any atom is 0.229 e. The van der Waals surface area contributed by atoms with Crippen LogP contribution in [0.5, 0.6) is 0 Å². The second-order valence-corrected chi connectivity index (χ2v) is 7.78. The van der Waals surface area contributed by atoms with Crippen molar-refractivity contribution >= 4 is 44.3 Å². The molecule has 2 aromatic rings. The van der Waals surface area contributed by atoms with E-state index in [2.05, 4.69) is 15.0 Å². The van der Waals surface area contributed by atoms with Gasteiger partial charge in [-0.15, -0.1) is 11.3 Å². The van der Waals surface area contributed by atoms with Gasteiger partial charge in [0.25, 0.3) is 0 Å². The molecule has 0 aliphatic rings. The summed E-state index contributed by atoms with van der Waals surface area (Å²) in [5, 5.41) is 3.27. The van der Waals surface area contributed by atoms with Crippen molar-refractivity contribution in [3.05, 3.63) is 39.3 Å². The van der Waals surface area contributed by atoms with Crippen molar-refractivity contribution in [2.75, 3.05) is 16.3 Å². The van der Waals surface area contributed by atoms with Crippen LogP contribution in [0.4, 0.5) is 11.4 Å². The molecule has 0 saturated carbocycles. The Morgan fingerprint density at radius 1 is 1.40 bits per heavy atom. The molecule has 0 atom stereocenters. The molecule has 0 saturated heterocycles. The molecule has 0 spiro atoms. The van der Waals surface area contributed by atoms with Crippen LogP contribution in [0.3, 0.4) is 0 Å². The number of sulfonamides is 1. The van der Waals surface area contributed by atoms with E-state index in [1.165, 1.54) is 11.3 Å². The fraction of sp³-hybridized carbons (Fsp3) is 0.250. The van der Waals surface area contributed by atoms with Crippen molar-refractivity contribution in [3.63, 3.8) is 0 Å². The normalized spacial score (nSPS) is 11.3. The van der Waals surface area contributed by atoms with Crippen LogP contribution in [0, 0.1) is 6.92 Å². The zero-order valence-corrected chi connectivity index (χ0v) is 13.4. The topological polar surface area (TPSA) is 71.1 Å². The van der Waals surface area contributed by atoms with Crippen LogP contribution in [0.25, 0.3) is 0 Å². The minimum absolute atomic E-state index is 0.520. The van der Waals surface area contributed by atoms with Crippen molar-refractivity contribution in [1.82, 2.24) is 4.98 Å². The molecule has 20 heavy (non-hydrogen) atoms. The number of halogens is 1. The second kappa shape index (κ2) is 5.99. The van der Waals surface area contributed by atoms with Crippen LogP contribution >= 0.6 is 22.9 Å². The number of thiazole rings is 1. The number of hydrogen-bond donors (Lipinski definition) is 2. The molecule has 1 heterocycles. The number of hydrogen-bond acceptors (Lipinski definition) is 5. The van der Waals surface area contributed by atoms with Gasteiger partial charge in [-0.1, -0.05) is 11.6 Å². The molecule has 0 unspecified atom stereocenters. The van der Waals surface area contributed by atoms with Crippen LogP contribution in [-0.4, -0.2) is 19.7 Å². The van der Waals surface area contributed by atoms with Gasteiger partial charge in [0.05, 0.1) is 12.8 Å². The SMILES string of the molecule is Cc1cc(NS(C)(=O)=O)ccc1NCc1cnc(Cl)s1. The molecular formula is C12H14ClN3O2S2. The quantitative estimate of drug-likeness (QED) is 0.883. The van der Waals surface area contributed by atoms with Crippen LogP contribution in [0.2, 0.25) is 4.47 Å². The summed E-state index contributed by atoms with van der Waals surface area (Å²) in [6.45, 7) is 2.54.